The van der Waals surface area contributed by atoms with Crippen LogP contribution in [0.4, 0.5) is 0 Å². The molecule has 0 aliphatic carbocycles. The van der Waals surface area contributed by atoms with E-state index >= 15 is 0 Å². The lowest BCUT2D eigenvalue weighted by Crippen LogP contribution is -2.37. The molecule has 0 aromatic heterocycles. The van der Waals surface area contributed by atoms with Crippen LogP contribution in [0.2, 0.25) is 0 Å². The Labute approximate surface area is 124 Å². The number of rotatable bonds is 3. The molecule has 110 valence electrons. The fraction of sp³-hybridized carbons (Fsp3) is 0.412. The van der Waals surface area contributed by atoms with Gasteiger partial charge in [-0.3, -0.25) is 14.5 Å². The summed E-state index contributed by atoms with van der Waals surface area (Å²) in [6.07, 6.45) is 1.83. The predicted octanol–water partition coefficient (Wildman–Crippen LogP) is 2.26. The summed E-state index contributed by atoms with van der Waals surface area (Å²) in [5, 5.41) is 0. The fourth-order valence-electron chi connectivity index (χ4n) is 2.99. The second-order valence-corrected chi connectivity index (χ2v) is 5.64. The lowest BCUT2D eigenvalue weighted by molar-refractivity contribution is -0.138. The van der Waals surface area contributed by atoms with E-state index in [1.54, 1.807) is 6.92 Å². The zero-order valence-corrected chi connectivity index (χ0v) is 12.2. The van der Waals surface area contributed by atoms with Crippen molar-refractivity contribution in [2.45, 2.75) is 19.8 Å². The van der Waals surface area contributed by atoms with Crippen LogP contribution in [0.5, 0.6) is 0 Å². The van der Waals surface area contributed by atoms with E-state index in [0.29, 0.717) is 23.6 Å². The highest BCUT2D eigenvalue weighted by molar-refractivity contribution is 6.35. The highest BCUT2D eigenvalue weighted by Gasteiger charge is 2.37. The molecule has 2 aliphatic heterocycles. The summed E-state index contributed by atoms with van der Waals surface area (Å²) in [5.41, 5.74) is 1.92. The molecular formula is C17H19NO3. The van der Waals surface area contributed by atoms with Gasteiger partial charge in [0.15, 0.2) is 0 Å². The Morgan fingerprint density at radius 1 is 1.10 bits per heavy atom. The number of imide groups is 1. The third-order valence-electron chi connectivity index (χ3n) is 4.24. The maximum atomic E-state index is 12.6. The molecule has 0 unspecified atom stereocenters. The highest BCUT2D eigenvalue weighted by atomic mass is 16.5. The number of ether oxygens (including phenoxy) is 1. The molecule has 3 rings (SSSR count). The maximum absolute atomic E-state index is 12.6. The SMILES string of the molecule is CC1=C(c2ccccc2)C(=O)N(CC2CCOCC2)C1=O. The molecule has 1 saturated heterocycles. The molecule has 1 fully saturated rings. The molecule has 0 saturated carbocycles. The number of nitrogens with zero attached hydrogens (tertiary/aromatic N) is 1. The van der Waals surface area contributed by atoms with Gasteiger partial charge < -0.3 is 4.74 Å². The van der Waals surface area contributed by atoms with Gasteiger partial charge in [-0.2, -0.15) is 0 Å². The van der Waals surface area contributed by atoms with E-state index < -0.39 is 0 Å². The van der Waals surface area contributed by atoms with Crippen LogP contribution in [0.3, 0.4) is 0 Å². The maximum Gasteiger partial charge on any atom is 0.261 e. The smallest absolute Gasteiger partial charge is 0.261 e. The molecule has 0 spiro atoms. The Hall–Kier alpha value is -1.94. The molecular weight excluding hydrogens is 266 g/mol. The summed E-state index contributed by atoms with van der Waals surface area (Å²) in [7, 11) is 0. The molecule has 0 bridgehead atoms. The monoisotopic (exact) mass is 285 g/mol. The lowest BCUT2D eigenvalue weighted by Gasteiger charge is -2.26. The largest absolute Gasteiger partial charge is 0.381 e. The van der Waals surface area contributed by atoms with Crippen molar-refractivity contribution in [3.63, 3.8) is 0 Å². The Bertz CT molecular complexity index is 585. The van der Waals surface area contributed by atoms with Crippen LogP contribution in [0, 0.1) is 5.92 Å². The van der Waals surface area contributed by atoms with Crippen molar-refractivity contribution < 1.29 is 14.3 Å². The van der Waals surface area contributed by atoms with Crippen molar-refractivity contribution in [1.82, 2.24) is 4.90 Å². The third-order valence-corrected chi connectivity index (χ3v) is 4.24. The van der Waals surface area contributed by atoms with Crippen LogP contribution in [-0.4, -0.2) is 36.5 Å². The van der Waals surface area contributed by atoms with Gasteiger partial charge >= 0.3 is 0 Å². The normalized spacial score (nSPS) is 20.5. The predicted molar refractivity (Wildman–Crippen MR) is 79.3 cm³/mol. The summed E-state index contributed by atoms with van der Waals surface area (Å²) in [6.45, 7) is 3.69. The van der Waals surface area contributed by atoms with E-state index in [2.05, 4.69) is 0 Å². The molecule has 0 radical (unpaired) electrons. The first-order valence-corrected chi connectivity index (χ1v) is 7.38. The number of benzene rings is 1. The zero-order valence-electron chi connectivity index (χ0n) is 12.2. The van der Waals surface area contributed by atoms with Crippen LogP contribution in [0.1, 0.15) is 25.3 Å². The summed E-state index contributed by atoms with van der Waals surface area (Å²) in [6, 6.07) is 9.42. The van der Waals surface area contributed by atoms with E-state index in [1.807, 2.05) is 30.3 Å². The highest BCUT2D eigenvalue weighted by Crippen LogP contribution is 2.30. The minimum atomic E-state index is -0.157. The lowest BCUT2D eigenvalue weighted by atomic mass is 9.99. The van der Waals surface area contributed by atoms with Gasteiger partial charge in [0, 0.05) is 25.3 Å². The van der Waals surface area contributed by atoms with Gasteiger partial charge in [-0.15, -0.1) is 0 Å². The molecule has 4 nitrogen and oxygen atoms in total. The summed E-state index contributed by atoms with van der Waals surface area (Å²) < 4.78 is 5.33. The topological polar surface area (TPSA) is 46.6 Å². The first-order valence-electron chi connectivity index (χ1n) is 7.38. The van der Waals surface area contributed by atoms with Crippen molar-refractivity contribution in [3.8, 4) is 0 Å². The van der Waals surface area contributed by atoms with E-state index in [1.165, 1.54) is 4.90 Å². The van der Waals surface area contributed by atoms with Gasteiger partial charge in [-0.1, -0.05) is 30.3 Å². The summed E-state index contributed by atoms with van der Waals surface area (Å²) >= 11 is 0. The minimum absolute atomic E-state index is 0.148. The van der Waals surface area contributed by atoms with Gasteiger partial charge in [0.25, 0.3) is 11.8 Å². The number of carbonyl (C=O) groups excluding carboxylic acids is 2. The van der Waals surface area contributed by atoms with E-state index in [-0.39, 0.29) is 11.8 Å². The van der Waals surface area contributed by atoms with E-state index in [9.17, 15) is 9.59 Å². The van der Waals surface area contributed by atoms with Gasteiger partial charge in [0.1, 0.15) is 0 Å². The van der Waals surface area contributed by atoms with Crippen LogP contribution >= 0.6 is 0 Å². The molecule has 2 amide bonds. The van der Waals surface area contributed by atoms with Crippen molar-refractivity contribution in [1.29, 1.82) is 0 Å². The average molecular weight is 285 g/mol. The van der Waals surface area contributed by atoms with Crippen molar-refractivity contribution in [2.24, 2.45) is 5.92 Å². The number of carbonyl (C=O) groups is 2. The standard InChI is InChI=1S/C17H19NO3/c1-12-15(14-5-3-2-4-6-14)17(20)18(16(12)19)11-13-7-9-21-10-8-13/h2-6,13H,7-11H2,1H3. The van der Waals surface area contributed by atoms with Crippen molar-refractivity contribution in [3.05, 3.63) is 41.5 Å². The zero-order chi connectivity index (χ0) is 14.8. The van der Waals surface area contributed by atoms with Gasteiger partial charge in [-0.25, -0.2) is 0 Å². The second-order valence-electron chi connectivity index (χ2n) is 5.64. The first-order chi connectivity index (χ1) is 10.2. The summed E-state index contributed by atoms with van der Waals surface area (Å²) in [4.78, 5) is 26.4. The minimum Gasteiger partial charge on any atom is -0.381 e. The number of amides is 2. The number of hydrogen-bond acceptors (Lipinski definition) is 3. The molecule has 21 heavy (non-hydrogen) atoms. The average Bonchev–Trinajstić information content (AvgIpc) is 2.73. The van der Waals surface area contributed by atoms with E-state index in [4.69, 9.17) is 4.74 Å². The van der Waals surface area contributed by atoms with Gasteiger partial charge in [-0.05, 0) is 31.2 Å². The fourth-order valence-corrected chi connectivity index (χ4v) is 2.99. The number of hydrogen-bond donors (Lipinski definition) is 0. The van der Waals surface area contributed by atoms with Crippen molar-refractivity contribution >= 4 is 17.4 Å². The molecule has 2 aliphatic rings. The Kier molecular flexibility index (Phi) is 3.88. The van der Waals surface area contributed by atoms with Gasteiger partial charge in [0.2, 0.25) is 0 Å². The van der Waals surface area contributed by atoms with Crippen LogP contribution in [-0.2, 0) is 14.3 Å². The Morgan fingerprint density at radius 2 is 1.76 bits per heavy atom. The second kappa shape index (κ2) is 5.82. The third kappa shape index (κ3) is 2.63. The van der Waals surface area contributed by atoms with Crippen LogP contribution < -0.4 is 0 Å². The van der Waals surface area contributed by atoms with Crippen LogP contribution in [0.25, 0.3) is 5.57 Å². The first kappa shape index (κ1) is 14.0. The molecule has 0 atom stereocenters. The summed E-state index contributed by atoms with van der Waals surface area (Å²) in [5.74, 6) is 0.0510. The van der Waals surface area contributed by atoms with E-state index in [0.717, 1.165) is 31.6 Å². The van der Waals surface area contributed by atoms with Gasteiger partial charge in [0.05, 0.1) is 5.57 Å². The molecule has 0 N–H and O–H groups in total. The molecule has 1 aromatic carbocycles. The Morgan fingerprint density at radius 3 is 2.43 bits per heavy atom. The molecule has 2 heterocycles. The molecule has 1 aromatic rings. The molecule has 4 heteroatoms. The van der Waals surface area contributed by atoms with Crippen molar-refractivity contribution in [2.75, 3.05) is 19.8 Å². The van der Waals surface area contributed by atoms with Crippen LogP contribution in [0.15, 0.2) is 35.9 Å². The Balaban J connectivity index is 1.81. The quantitative estimate of drug-likeness (QED) is 0.800.